The summed E-state index contributed by atoms with van der Waals surface area (Å²) in [5.74, 6) is -1.17. The van der Waals surface area contributed by atoms with Gasteiger partial charge in [0.2, 0.25) is 0 Å². The predicted molar refractivity (Wildman–Crippen MR) is 113 cm³/mol. The Morgan fingerprint density at radius 3 is 2.23 bits per heavy atom. The fraction of sp³-hybridized carbons (Fsp3) is 0.182. The van der Waals surface area contributed by atoms with Crippen LogP contribution in [0.5, 0.6) is 5.75 Å². The Bertz CT molecular complexity index is 1040. The fourth-order valence-electron chi connectivity index (χ4n) is 2.70. The van der Waals surface area contributed by atoms with Gasteiger partial charge in [0, 0.05) is 37.7 Å². The number of hydrogen-bond donors (Lipinski definition) is 1. The summed E-state index contributed by atoms with van der Waals surface area (Å²) in [6.07, 6.45) is -1.72. The minimum absolute atomic E-state index is 0.266. The van der Waals surface area contributed by atoms with E-state index in [-0.39, 0.29) is 5.75 Å². The van der Waals surface area contributed by atoms with Crippen molar-refractivity contribution < 1.29 is 27.8 Å². The number of ether oxygens (including phenoxy) is 1. The Kier molecular flexibility index (Phi) is 7.47. The number of rotatable bonds is 4. The molecule has 0 saturated carbocycles. The highest BCUT2D eigenvalue weighted by Gasteiger charge is 2.31. The van der Waals surface area contributed by atoms with Crippen LogP contribution in [0.25, 0.3) is 16.9 Å². The molecule has 1 heterocycles. The third-order valence-electron chi connectivity index (χ3n) is 4.13. The van der Waals surface area contributed by atoms with E-state index in [1.807, 2.05) is 14.1 Å². The van der Waals surface area contributed by atoms with Gasteiger partial charge < -0.3 is 20.5 Å². The van der Waals surface area contributed by atoms with Gasteiger partial charge in [0.1, 0.15) is 5.75 Å². The number of halogens is 3. The summed E-state index contributed by atoms with van der Waals surface area (Å²) < 4.78 is 41.0. The molecule has 3 rings (SSSR count). The van der Waals surface area contributed by atoms with Crippen LogP contribution in [-0.2, 0) is 0 Å². The van der Waals surface area contributed by atoms with E-state index >= 15 is 0 Å². The van der Waals surface area contributed by atoms with E-state index in [0.29, 0.717) is 22.4 Å². The van der Waals surface area contributed by atoms with Crippen LogP contribution in [0.1, 0.15) is 15.9 Å². The first-order valence-corrected chi connectivity index (χ1v) is 9.01. The molecular formula is C22H21F3N3O3-. The highest BCUT2D eigenvalue weighted by Crippen LogP contribution is 2.35. The summed E-state index contributed by atoms with van der Waals surface area (Å²) in [6.45, 7) is 1.72. The summed E-state index contributed by atoms with van der Waals surface area (Å²) >= 11 is 0. The third-order valence-corrected chi connectivity index (χ3v) is 4.13. The van der Waals surface area contributed by atoms with E-state index in [2.05, 4.69) is 9.72 Å². The molecule has 1 aromatic heterocycles. The molecule has 2 aromatic carbocycles. The van der Waals surface area contributed by atoms with Gasteiger partial charge in [-0.05, 0) is 42.3 Å². The zero-order valence-electron chi connectivity index (χ0n) is 17.1. The molecule has 31 heavy (non-hydrogen) atoms. The topological polar surface area (TPSA) is 86.5 Å². The quantitative estimate of drug-likeness (QED) is 0.539. The summed E-state index contributed by atoms with van der Waals surface area (Å²) in [4.78, 5) is 16.0. The van der Waals surface area contributed by atoms with Crippen LogP contribution in [0.4, 0.5) is 24.5 Å². The number of nitrogens with one attached hydrogen (secondary N) is 1. The second-order valence-electron chi connectivity index (χ2n) is 6.69. The summed E-state index contributed by atoms with van der Waals surface area (Å²) in [5, 5.41) is 8.54. The maximum Gasteiger partial charge on any atom is 0.573 e. The van der Waals surface area contributed by atoms with Gasteiger partial charge in [-0.1, -0.05) is 24.3 Å². The SMILES string of the molecule is CN(C)c1ccc(OC(F)(F)F)cc1-c1ccc([NH-])cc1.Cc1cnccc1C(=O)O. The van der Waals surface area contributed by atoms with Crippen LogP contribution in [-0.4, -0.2) is 36.5 Å². The molecule has 9 heteroatoms. The summed E-state index contributed by atoms with van der Waals surface area (Å²) in [6, 6.07) is 12.3. The largest absolute Gasteiger partial charge is 0.699 e. The number of pyridine rings is 1. The Labute approximate surface area is 177 Å². The minimum Gasteiger partial charge on any atom is -0.699 e. The highest BCUT2D eigenvalue weighted by molar-refractivity contribution is 5.88. The van der Waals surface area contributed by atoms with Crippen molar-refractivity contribution in [3.63, 3.8) is 0 Å². The molecule has 0 aliphatic carbocycles. The van der Waals surface area contributed by atoms with Gasteiger partial charge >= 0.3 is 12.3 Å². The average Bonchev–Trinajstić information content (AvgIpc) is 2.68. The van der Waals surface area contributed by atoms with Crippen LogP contribution >= 0.6 is 0 Å². The zero-order valence-corrected chi connectivity index (χ0v) is 17.1. The molecule has 0 spiro atoms. The molecule has 0 fully saturated rings. The Balaban J connectivity index is 0.000000285. The number of aromatic carboxylic acids is 1. The molecule has 2 N–H and O–H groups in total. The monoisotopic (exact) mass is 432 g/mol. The van der Waals surface area contributed by atoms with Crippen LogP contribution in [0.15, 0.2) is 60.9 Å². The van der Waals surface area contributed by atoms with Gasteiger partial charge in [0.05, 0.1) is 5.56 Å². The normalized spacial score (nSPS) is 10.6. The van der Waals surface area contributed by atoms with E-state index in [1.54, 1.807) is 42.2 Å². The number of aryl methyl sites for hydroxylation is 1. The molecule has 0 atom stereocenters. The van der Waals surface area contributed by atoms with Gasteiger partial charge in [0.15, 0.2) is 0 Å². The summed E-state index contributed by atoms with van der Waals surface area (Å²) in [7, 11) is 3.62. The third kappa shape index (κ3) is 6.91. The molecule has 3 aromatic rings. The lowest BCUT2D eigenvalue weighted by molar-refractivity contribution is -0.274. The molecule has 6 nitrogen and oxygen atoms in total. The van der Waals surface area contributed by atoms with Gasteiger partial charge in [-0.15, -0.1) is 18.9 Å². The van der Waals surface area contributed by atoms with Crippen LogP contribution in [0, 0.1) is 6.92 Å². The fourth-order valence-corrected chi connectivity index (χ4v) is 2.70. The van der Waals surface area contributed by atoms with Crippen molar-refractivity contribution >= 4 is 17.3 Å². The van der Waals surface area contributed by atoms with E-state index < -0.39 is 12.3 Å². The molecule has 0 radical (unpaired) electrons. The van der Waals surface area contributed by atoms with E-state index in [4.69, 9.17) is 10.8 Å². The van der Waals surface area contributed by atoms with Crippen molar-refractivity contribution in [1.82, 2.24) is 4.98 Å². The number of carbonyl (C=O) groups is 1. The zero-order chi connectivity index (χ0) is 23.2. The van der Waals surface area contributed by atoms with E-state index in [0.717, 1.165) is 11.3 Å². The van der Waals surface area contributed by atoms with Crippen molar-refractivity contribution in [2.75, 3.05) is 19.0 Å². The average molecular weight is 432 g/mol. The van der Waals surface area contributed by atoms with Crippen LogP contribution in [0.2, 0.25) is 0 Å². The second-order valence-corrected chi connectivity index (χ2v) is 6.69. The maximum atomic E-state index is 12.3. The van der Waals surface area contributed by atoms with E-state index in [1.165, 1.54) is 30.6 Å². The Hall–Kier alpha value is -3.75. The number of alkyl halides is 3. The second kappa shape index (κ2) is 9.84. The van der Waals surface area contributed by atoms with Gasteiger partial charge in [0.25, 0.3) is 0 Å². The molecular weight excluding hydrogens is 411 g/mol. The molecule has 0 bridgehead atoms. The molecule has 0 unspecified atom stereocenters. The van der Waals surface area contributed by atoms with Crippen LogP contribution in [0.3, 0.4) is 0 Å². The Morgan fingerprint density at radius 2 is 1.74 bits per heavy atom. The first-order chi connectivity index (χ1) is 14.5. The number of hydrogen-bond acceptors (Lipinski definition) is 4. The minimum atomic E-state index is -4.72. The number of carboxylic acid groups (broad SMARTS) is 1. The lowest BCUT2D eigenvalue weighted by Crippen LogP contribution is -2.17. The highest BCUT2D eigenvalue weighted by atomic mass is 19.4. The number of carboxylic acids is 1. The molecule has 0 amide bonds. The van der Waals surface area contributed by atoms with Crippen molar-refractivity contribution in [2.24, 2.45) is 0 Å². The predicted octanol–water partition coefficient (Wildman–Crippen LogP) is 6.09. The van der Waals surface area contributed by atoms with Gasteiger partial charge in [-0.25, -0.2) is 4.79 Å². The number of benzene rings is 2. The molecule has 0 aliphatic heterocycles. The lowest BCUT2D eigenvalue weighted by Gasteiger charge is -2.19. The number of anilines is 1. The smallest absolute Gasteiger partial charge is 0.573 e. The van der Waals surface area contributed by atoms with Crippen molar-refractivity contribution in [3.8, 4) is 16.9 Å². The standard InChI is InChI=1S/C15H14F3N2O.C7H7NO2/c1-20(2)14-8-7-12(21-15(16,17)18)9-13(14)10-3-5-11(19)6-4-10;1-5-4-8-3-2-6(5)7(9)10/h3-9,19H,1-2H3;2-4H,1H3,(H,9,10)/q-1;. The van der Waals surface area contributed by atoms with Gasteiger partial charge in [-0.2, -0.15) is 0 Å². The van der Waals surface area contributed by atoms with Crippen molar-refractivity contribution in [3.05, 3.63) is 77.8 Å². The maximum absolute atomic E-state index is 12.3. The Morgan fingerprint density at radius 1 is 1.10 bits per heavy atom. The van der Waals surface area contributed by atoms with Gasteiger partial charge in [-0.3, -0.25) is 4.98 Å². The molecule has 0 aliphatic rings. The lowest BCUT2D eigenvalue weighted by atomic mass is 10.0. The summed E-state index contributed by atoms with van der Waals surface area (Å²) in [5.41, 5.74) is 10.9. The first kappa shape index (κ1) is 23.5. The van der Waals surface area contributed by atoms with Crippen molar-refractivity contribution in [1.29, 1.82) is 0 Å². The van der Waals surface area contributed by atoms with Crippen LogP contribution < -0.4 is 9.64 Å². The number of nitrogens with zero attached hydrogens (tertiary/aromatic N) is 2. The van der Waals surface area contributed by atoms with E-state index in [9.17, 15) is 18.0 Å². The molecule has 164 valence electrons. The van der Waals surface area contributed by atoms with Crippen molar-refractivity contribution in [2.45, 2.75) is 13.3 Å². The molecule has 0 saturated heterocycles. The number of aromatic nitrogens is 1. The first-order valence-electron chi connectivity index (χ1n) is 9.01.